The minimum atomic E-state index is 0.0306. The summed E-state index contributed by atoms with van der Waals surface area (Å²) in [5, 5.41) is 7.95. The van der Waals surface area contributed by atoms with E-state index >= 15 is 0 Å². The number of aromatic nitrogens is 2. The molecule has 5 aromatic carbocycles. The van der Waals surface area contributed by atoms with Gasteiger partial charge in [-0.3, -0.25) is 0 Å². The molecule has 0 aliphatic carbocycles. The van der Waals surface area contributed by atoms with Gasteiger partial charge in [0.25, 0.3) is 11.4 Å². The number of allylic oxidation sites excluding steroid dienone is 2. The Hall–Kier alpha value is -5.08. The van der Waals surface area contributed by atoms with Gasteiger partial charge in [-0.05, 0) is 95.1 Å². The van der Waals surface area contributed by atoms with Crippen molar-refractivity contribution in [1.29, 1.82) is 0 Å². The minimum Gasteiger partial charge on any atom is -0.158 e. The number of fused-ring (bicyclic) bond motifs is 12. The SMILES string of the molecule is CC(C)c1ccc2c(c1)-c1cc(C(C)(C)C)cc[n+]1/C(=C1\Cc3cc4c5ccccc5c5ccccc5c4cc3-c3cc(C(C)(C)C)cc[n+]31)C2. The van der Waals surface area contributed by atoms with E-state index < -0.39 is 0 Å². The van der Waals surface area contributed by atoms with Crippen molar-refractivity contribution in [3.63, 3.8) is 0 Å². The van der Waals surface area contributed by atoms with Crippen molar-refractivity contribution in [1.82, 2.24) is 0 Å². The second-order valence-corrected chi connectivity index (χ2v) is 17.3. The molecule has 0 saturated carbocycles. The Bertz CT molecular complexity index is 2620. The fourth-order valence-electron chi connectivity index (χ4n) is 8.56. The van der Waals surface area contributed by atoms with E-state index in [9.17, 15) is 0 Å². The molecule has 2 aromatic heterocycles. The summed E-state index contributed by atoms with van der Waals surface area (Å²) in [7, 11) is 0. The van der Waals surface area contributed by atoms with Gasteiger partial charge in [0, 0.05) is 24.3 Å². The Morgan fingerprint density at radius 3 is 1.41 bits per heavy atom. The fourth-order valence-corrected chi connectivity index (χ4v) is 8.56. The molecule has 0 amide bonds. The third-order valence-corrected chi connectivity index (χ3v) is 11.6. The maximum atomic E-state index is 2.52. The summed E-state index contributed by atoms with van der Waals surface area (Å²) in [6, 6.07) is 39.7. The van der Waals surface area contributed by atoms with E-state index in [1.807, 2.05) is 0 Å². The van der Waals surface area contributed by atoms with Crippen molar-refractivity contribution < 1.29 is 9.13 Å². The van der Waals surface area contributed by atoms with Crippen LogP contribution in [0.1, 0.15) is 89.1 Å². The maximum absolute atomic E-state index is 2.52. The summed E-state index contributed by atoms with van der Waals surface area (Å²) in [5.41, 5.74) is 15.0. The van der Waals surface area contributed by atoms with Gasteiger partial charge in [-0.25, -0.2) is 0 Å². The zero-order valence-electron chi connectivity index (χ0n) is 31.4. The van der Waals surface area contributed by atoms with E-state index in [2.05, 4.69) is 180 Å². The van der Waals surface area contributed by atoms with Gasteiger partial charge >= 0.3 is 0 Å². The minimum absolute atomic E-state index is 0.0306. The van der Waals surface area contributed by atoms with Crippen LogP contribution in [-0.4, -0.2) is 0 Å². The molecule has 4 heterocycles. The van der Waals surface area contributed by atoms with E-state index in [1.54, 1.807) is 0 Å². The first-order valence-corrected chi connectivity index (χ1v) is 18.7. The molecule has 0 spiro atoms. The molecule has 252 valence electrons. The number of hydrogen-bond acceptors (Lipinski definition) is 0. The van der Waals surface area contributed by atoms with Crippen LogP contribution in [0.2, 0.25) is 0 Å². The third kappa shape index (κ3) is 5.06. The van der Waals surface area contributed by atoms with Crippen molar-refractivity contribution in [2.75, 3.05) is 0 Å². The molecular formula is C49H48N2+2. The normalized spacial score (nSPS) is 15.6. The Morgan fingerprint density at radius 1 is 0.471 bits per heavy atom. The van der Waals surface area contributed by atoms with Gasteiger partial charge in [-0.1, -0.05) is 116 Å². The molecule has 2 aliphatic heterocycles. The first-order chi connectivity index (χ1) is 24.4. The summed E-state index contributed by atoms with van der Waals surface area (Å²) in [4.78, 5) is 0. The number of pyridine rings is 2. The van der Waals surface area contributed by atoms with Crippen molar-refractivity contribution >= 4 is 43.7 Å². The lowest BCUT2D eigenvalue weighted by molar-refractivity contribution is -0.602. The molecule has 0 N–H and O–H groups in total. The first-order valence-electron chi connectivity index (χ1n) is 18.7. The molecule has 9 rings (SSSR count). The summed E-state index contributed by atoms with van der Waals surface area (Å²) >= 11 is 0. The zero-order chi connectivity index (χ0) is 35.4. The van der Waals surface area contributed by atoms with Crippen LogP contribution in [0.5, 0.6) is 0 Å². The predicted octanol–water partition coefficient (Wildman–Crippen LogP) is 11.7. The predicted molar refractivity (Wildman–Crippen MR) is 215 cm³/mol. The van der Waals surface area contributed by atoms with Gasteiger partial charge in [0.1, 0.15) is 0 Å². The molecular weight excluding hydrogens is 617 g/mol. The van der Waals surface area contributed by atoms with Gasteiger partial charge < -0.3 is 0 Å². The van der Waals surface area contributed by atoms with E-state index in [4.69, 9.17) is 0 Å². The largest absolute Gasteiger partial charge is 0.259 e. The lowest BCUT2D eigenvalue weighted by Gasteiger charge is -2.25. The zero-order valence-corrected chi connectivity index (χ0v) is 31.4. The van der Waals surface area contributed by atoms with Crippen LogP contribution in [0, 0.1) is 0 Å². The number of rotatable bonds is 1. The van der Waals surface area contributed by atoms with Crippen molar-refractivity contribution in [3.8, 4) is 22.5 Å². The highest BCUT2D eigenvalue weighted by Gasteiger charge is 2.40. The van der Waals surface area contributed by atoms with Crippen LogP contribution >= 0.6 is 0 Å². The molecule has 0 atom stereocenters. The van der Waals surface area contributed by atoms with Crippen LogP contribution in [0.25, 0.3) is 66.2 Å². The highest BCUT2D eigenvalue weighted by atomic mass is 15.1. The van der Waals surface area contributed by atoms with E-state index in [1.165, 1.54) is 94.0 Å². The average molecular weight is 665 g/mol. The Balaban J connectivity index is 1.36. The van der Waals surface area contributed by atoms with Gasteiger partial charge in [0.15, 0.2) is 12.4 Å². The third-order valence-electron chi connectivity index (χ3n) is 11.6. The van der Waals surface area contributed by atoms with E-state index in [0.29, 0.717) is 5.92 Å². The highest BCUT2D eigenvalue weighted by molar-refractivity contribution is 6.26. The topological polar surface area (TPSA) is 7.76 Å². The molecule has 0 radical (unpaired) electrons. The van der Waals surface area contributed by atoms with Crippen molar-refractivity contribution in [2.45, 2.75) is 85.0 Å². The standard InChI is InChI=1S/C49H48N2/c1-30(2)31-17-18-32-25-46(50-21-19-34(48(3,4)5)27-44(50)40(32)23-31)47-26-33-24-42-38-15-11-9-13-36(38)37-14-10-12-16-39(37)43(42)29-41(33)45-28-35(49(6,7)8)20-22-51(45)47/h9-24,27-30H,25-26H2,1-8H3/q+2/b47-46+. The number of hydrogen-bond donors (Lipinski definition) is 0. The summed E-state index contributed by atoms with van der Waals surface area (Å²) in [6.07, 6.45) is 6.45. The monoisotopic (exact) mass is 664 g/mol. The van der Waals surface area contributed by atoms with Crippen LogP contribution in [0.3, 0.4) is 0 Å². The Kier molecular flexibility index (Phi) is 7.00. The van der Waals surface area contributed by atoms with Crippen LogP contribution in [0.15, 0.2) is 116 Å². The van der Waals surface area contributed by atoms with Gasteiger partial charge in [0.05, 0.1) is 24.0 Å². The smallest absolute Gasteiger partial charge is 0.158 e. The summed E-state index contributed by atoms with van der Waals surface area (Å²) in [6.45, 7) is 18.5. The Labute approximate surface area is 302 Å². The molecule has 0 saturated heterocycles. The summed E-state index contributed by atoms with van der Waals surface area (Å²) < 4.78 is 5.03. The molecule has 2 aliphatic rings. The fraction of sp³-hybridized carbons (Fsp3) is 0.265. The van der Waals surface area contributed by atoms with Gasteiger partial charge in [-0.15, -0.1) is 0 Å². The molecule has 0 fully saturated rings. The van der Waals surface area contributed by atoms with Gasteiger partial charge in [-0.2, -0.15) is 9.13 Å². The molecule has 51 heavy (non-hydrogen) atoms. The van der Waals surface area contributed by atoms with Crippen molar-refractivity contribution in [2.24, 2.45) is 0 Å². The second kappa shape index (κ2) is 11.2. The summed E-state index contributed by atoms with van der Waals surface area (Å²) in [5.74, 6) is 0.478. The molecule has 0 bridgehead atoms. The molecule has 2 heteroatoms. The molecule has 2 nitrogen and oxygen atoms in total. The van der Waals surface area contributed by atoms with Crippen LogP contribution < -0.4 is 9.13 Å². The van der Waals surface area contributed by atoms with Gasteiger partial charge in [0.2, 0.25) is 11.4 Å². The molecule has 0 unspecified atom stereocenters. The van der Waals surface area contributed by atoms with E-state index in [-0.39, 0.29) is 10.8 Å². The number of benzene rings is 5. The molecule has 7 aromatic rings. The van der Waals surface area contributed by atoms with Crippen molar-refractivity contribution in [3.05, 3.63) is 143 Å². The maximum Gasteiger partial charge on any atom is 0.259 e. The Morgan fingerprint density at radius 2 is 0.922 bits per heavy atom. The van der Waals surface area contributed by atoms with E-state index in [0.717, 1.165) is 12.8 Å². The lowest BCUT2D eigenvalue weighted by Crippen LogP contribution is -2.47. The first kappa shape index (κ1) is 31.9. The van der Waals surface area contributed by atoms with Crippen LogP contribution in [0.4, 0.5) is 0 Å². The second-order valence-electron chi connectivity index (χ2n) is 17.3. The lowest BCUT2D eigenvalue weighted by atomic mass is 9.82. The highest BCUT2D eigenvalue weighted by Crippen LogP contribution is 2.43. The number of nitrogens with zero attached hydrogens (tertiary/aromatic N) is 2. The average Bonchev–Trinajstić information content (AvgIpc) is 3.12. The quantitative estimate of drug-likeness (QED) is 0.122. The van der Waals surface area contributed by atoms with Crippen LogP contribution in [-0.2, 0) is 23.7 Å².